The molecular weight excluding hydrogens is 298 g/mol. The Labute approximate surface area is 128 Å². The minimum atomic E-state index is -0.353. The van der Waals surface area contributed by atoms with Crippen molar-refractivity contribution in [3.8, 4) is 0 Å². The zero-order valence-corrected chi connectivity index (χ0v) is 12.3. The molecule has 1 unspecified atom stereocenters. The molecule has 1 N–H and O–H groups in total. The molecule has 0 fully saturated rings. The number of benzene rings is 2. The third kappa shape index (κ3) is 4.20. The average molecular weight is 313 g/mol. The van der Waals surface area contributed by atoms with Crippen molar-refractivity contribution >= 4 is 23.2 Å². The highest BCUT2D eigenvalue weighted by atomic mass is 35.5. The lowest BCUT2D eigenvalue weighted by Gasteiger charge is -2.15. The quantitative estimate of drug-likeness (QED) is 0.860. The van der Waals surface area contributed by atoms with Gasteiger partial charge in [-0.2, -0.15) is 0 Å². The molecule has 106 valence electrons. The smallest absolute Gasteiger partial charge is 0.124 e. The van der Waals surface area contributed by atoms with E-state index in [-0.39, 0.29) is 18.3 Å². The van der Waals surface area contributed by atoms with Gasteiger partial charge >= 0.3 is 0 Å². The molecule has 2 aromatic rings. The van der Waals surface area contributed by atoms with Gasteiger partial charge in [-0.1, -0.05) is 41.4 Å². The number of hydrogen-bond acceptors (Lipinski definition) is 1. The van der Waals surface area contributed by atoms with Crippen molar-refractivity contribution in [2.75, 3.05) is 6.61 Å². The molecule has 0 saturated carbocycles. The van der Waals surface area contributed by atoms with E-state index in [1.54, 1.807) is 6.07 Å². The maximum atomic E-state index is 13.0. The summed E-state index contributed by atoms with van der Waals surface area (Å²) >= 11 is 12.0. The van der Waals surface area contributed by atoms with Crippen molar-refractivity contribution in [2.45, 2.75) is 12.8 Å². The molecule has 2 aromatic carbocycles. The highest BCUT2D eigenvalue weighted by molar-refractivity contribution is 6.31. The second-order valence-corrected chi connectivity index (χ2v) is 5.67. The van der Waals surface area contributed by atoms with Crippen LogP contribution < -0.4 is 0 Å². The summed E-state index contributed by atoms with van der Waals surface area (Å²) in [7, 11) is 0. The average Bonchev–Trinajstić information content (AvgIpc) is 2.41. The second kappa shape index (κ2) is 7.07. The van der Waals surface area contributed by atoms with Gasteiger partial charge < -0.3 is 5.11 Å². The summed E-state index contributed by atoms with van der Waals surface area (Å²) in [6.07, 6.45) is 1.30. The highest BCUT2D eigenvalue weighted by Gasteiger charge is 2.12. The molecule has 0 bridgehead atoms. The first kappa shape index (κ1) is 15.3. The first-order valence-electron chi connectivity index (χ1n) is 6.37. The molecule has 0 radical (unpaired) electrons. The fourth-order valence-electron chi connectivity index (χ4n) is 2.20. The van der Waals surface area contributed by atoms with E-state index in [2.05, 4.69) is 0 Å². The van der Waals surface area contributed by atoms with Crippen LogP contribution in [0.2, 0.25) is 10.0 Å². The Morgan fingerprint density at radius 3 is 2.50 bits per heavy atom. The number of halogens is 3. The van der Waals surface area contributed by atoms with Crippen molar-refractivity contribution in [3.63, 3.8) is 0 Å². The maximum absolute atomic E-state index is 13.0. The molecule has 0 aromatic heterocycles. The van der Waals surface area contributed by atoms with Crippen molar-refractivity contribution in [1.82, 2.24) is 0 Å². The van der Waals surface area contributed by atoms with Gasteiger partial charge in [0, 0.05) is 16.7 Å². The summed E-state index contributed by atoms with van der Waals surface area (Å²) in [6.45, 7) is 0.0419. The van der Waals surface area contributed by atoms with Gasteiger partial charge in [0.2, 0.25) is 0 Å². The minimum absolute atomic E-state index is 0.0245. The monoisotopic (exact) mass is 312 g/mol. The predicted molar refractivity (Wildman–Crippen MR) is 80.8 cm³/mol. The third-order valence-electron chi connectivity index (χ3n) is 3.20. The van der Waals surface area contributed by atoms with E-state index >= 15 is 0 Å². The molecule has 1 nitrogen and oxygen atoms in total. The number of aliphatic hydroxyl groups is 1. The van der Waals surface area contributed by atoms with Crippen LogP contribution in [0.5, 0.6) is 0 Å². The van der Waals surface area contributed by atoms with E-state index < -0.39 is 0 Å². The zero-order valence-electron chi connectivity index (χ0n) is 10.8. The van der Waals surface area contributed by atoms with Crippen LogP contribution in [0.25, 0.3) is 0 Å². The molecule has 0 aliphatic carbocycles. The van der Waals surface area contributed by atoms with Crippen molar-refractivity contribution in [3.05, 3.63) is 69.5 Å². The van der Waals surface area contributed by atoms with E-state index in [1.165, 1.54) is 12.1 Å². The summed E-state index contributed by atoms with van der Waals surface area (Å²) in [6, 6.07) is 11.9. The lowest BCUT2D eigenvalue weighted by molar-refractivity contribution is 0.225. The van der Waals surface area contributed by atoms with Gasteiger partial charge in [-0.05, 0) is 54.2 Å². The number of hydrogen-bond donors (Lipinski definition) is 1. The Morgan fingerprint density at radius 2 is 1.85 bits per heavy atom. The highest BCUT2D eigenvalue weighted by Crippen LogP contribution is 2.23. The lowest BCUT2D eigenvalue weighted by Crippen LogP contribution is -2.13. The summed E-state index contributed by atoms with van der Waals surface area (Å²) in [4.78, 5) is 0. The summed E-state index contributed by atoms with van der Waals surface area (Å²) in [5, 5.41) is 10.6. The van der Waals surface area contributed by atoms with Crippen LogP contribution in [-0.4, -0.2) is 11.7 Å². The summed E-state index contributed by atoms with van der Waals surface area (Å²) in [5.74, 6) is -0.328. The lowest BCUT2D eigenvalue weighted by atomic mass is 9.93. The first-order valence-corrected chi connectivity index (χ1v) is 7.13. The first-order chi connectivity index (χ1) is 9.58. The van der Waals surface area contributed by atoms with Gasteiger partial charge in [-0.25, -0.2) is 4.39 Å². The van der Waals surface area contributed by atoms with Crippen molar-refractivity contribution in [2.24, 2.45) is 5.92 Å². The maximum Gasteiger partial charge on any atom is 0.124 e. The van der Waals surface area contributed by atoms with Crippen LogP contribution in [-0.2, 0) is 12.8 Å². The Kier molecular flexibility index (Phi) is 5.41. The second-order valence-electron chi connectivity index (χ2n) is 4.82. The molecule has 2 rings (SSSR count). The van der Waals surface area contributed by atoms with Crippen molar-refractivity contribution < 1.29 is 9.50 Å². The molecule has 0 amide bonds. The van der Waals surface area contributed by atoms with Crippen LogP contribution in [0, 0.1) is 11.7 Å². The minimum Gasteiger partial charge on any atom is -0.396 e. The Morgan fingerprint density at radius 1 is 1.05 bits per heavy atom. The van der Waals surface area contributed by atoms with Crippen LogP contribution in [0.15, 0.2) is 42.5 Å². The topological polar surface area (TPSA) is 20.2 Å². The molecule has 0 saturated heterocycles. The molecule has 0 spiro atoms. The van der Waals surface area contributed by atoms with Gasteiger partial charge in [-0.3, -0.25) is 0 Å². The molecular formula is C16H15Cl2FO. The van der Waals surface area contributed by atoms with Crippen LogP contribution in [0.1, 0.15) is 11.1 Å². The summed E-state index contributed by atoms with van der Waals surface area (Å²) in [5.41, 5.74) is 1.91. The predicted octanol–water partition coefficient (Wildman–Crippen LogP) is 4.53. The normalized spacial score (nSPS) is 12.4. The fraction of sp³-hybridized carbons (Fsp3) is 0.250. The number of rotatable bonds is 5. The van der Waals surface area contributed by atoms with E-state index in [0.29, 0.717) is 22.9 Å². The molecule has 0 aliphatic heterocycles. The molecule has 0 aliphatic rings. The number of aliphatic hydroxyl groups excluding tert-OH is 1. The van der Waals surface area contributed by atoms with Gasteiger partial charge in [0.15, 0.2) is 0 Å². The SMILES string of the molecule is OCC(Cc1cccc(Cl)c1)Cc1ccc(F)cc1Cl. The van der Waals surface area contributed by atoms with E-state index in [4.69, 9.17) is 23.2 Å². The molecule has 0 heterocycles. The van der Waals surface area contributed by atoms with Crippen LogP contribution >= 0.6 is 23.2 Å². The van der Waals surface area contributed by atoms with Crippen molar-refractivity contribution in [1.29, 1.82) is 0 Å². The van der Waals surface area contributed by atoms with E-state index in [1.807, 2.05) is 24.3 Å². The summed E-state index contributed by atoms with van der Waals surface area (Å²) < 4.78 is 13.0. The Bertz CT molecular complexity index is 586. The molecule has 20 heavy (non-hydrogen) atoms. The van der Waals surface area contributed by atoms with Gasteiger partial charge in [0.25, 0.3) is 0 Å². The van der Waals surface area contributed by atoms with Gasteiger partial charge in [0.05, 0.1) is 0 Å². The van der Waals surface area contributed by atoms with E-state index in [9.17, 15) is 9.50 Å². The van der Waals surface area contributed by atoms with Crippen LogP contribution in [0.3, 0.4) is 0 Å². The molecule has 1 atom stereocenters. The molecule has 4 heteroatoms. The Hall–Kier alpha value is -1.09. The fourth-order valence-corrected chi connectivity index (χ4v) is 2.65. The Balaban J connectivity index is 2.09. The zero-order chi connectivity index (χ0) is 14.5. The van der Waals surface area contributed by atoms with Gasteiger partial charge in [-0.15, -0.1) is 0 Å². The van der Waals surface area contributed by atoms with E-state index in [0.717, 1.165) is 11.1 Å². The van der Waals surface area contributed by atoms with Gasteiger partial charge in [0.1, 0.15) is 5.82 Å². The van der Waals surface area contributed by atoms with Crippen LogP contribution in [0.4, 0.5) is 4.39 Å². The third-order valence-corrected chi connectivity index (χ3v) is 3.78. The largest absolute Gasteiger partial charge is 0.396 e. The standard InChI is InChI=1S/C16H15Cl2FO/c17-14-3-1-2-11(8-14)6-12(10-20)7-13-4-5-15(19)9-16(13)18/h1-5,8-9,12,20H,6-7,10H2.